The highest BCUT2D eigenvalue weighted by Crippen LogP contribution is 2.36. The molecule has 0 aromatic heterocycles. The predicted octanol–water partition coefficient (Wildman–Crippen LogP) is 6.04. The van der Waals surface area contributed by atoms with Crippen LogP contribution in [-0.4, -0.2) is 12.0 Å². The molecule has 3 heteroatoms. The zero-order chi connectivity index (χ0) is 14.4. The first-order chi connectivity index (χ1) is 9.69. The first-order valence-corrected chi connectivity index (χ1v) is 8.94. The molecule has 2 rings (SSSR count). The summed E-state index contributed by atoms with van der Waals surface area (Å²) in [6, 6.07) is 8.03. The van der Waals surface area contributed by atoms with Crippen molar-refractivity contribution < 1.29 is 4.74 Å². The van der Waals surface area contributed by atoms with Gasteiger partial charge in [0, 0.05) is 9.85 Å². The van der Waals surface area contributed by atoms with E-state index in [1.165, 1.54) is 32.1 Å². The Morgan fingerprint density at radius 1 is 1.30 bits per heavy atom. The fourth-order valence-electron chi connectivity index (χ4n) is 3.18. The van der Waals surface area contributed by atoms with E-state index >= 15 is 0 Å². The van der Waals surface area contributed by atoms with Gasteiger partial charge in [0.1, 0.15) is 5.75 Å². The summed E-state index contributed by atoms with van der Waals surface area (Å²) in [4.78, 5) is 0. The average Bonchev–Trinajstić information content (AvgIpc) is 2.43. The molecule has 0 heterocycles. The van der Waals surface area contributed by atoms with Crippen molar-refractivity contribution in [2.24, 2.45) is 11.8 Å². The number of hydrogen-bond donors (Lipinski definition) is 0. The van der Waals surface area contributed by atoms with Gasteiger partial charge in [0.2, 0.25) is 0 Å². The maximum absolute atomic E-state index is 6.49. The summed E-state index contributed by atoms with van der Waals surface area (Å²) >= 11 is 9.96. The van der Waals surface area contributed by atoms with Gasteiger partial charge in [-0.05, 0) is 55.7 Å². The Bertz CT molecular complexity index is 410. The van der Waals surface area contributed by atoms with Crippen molar-refractivity contribution in [2.75, 3.05) is 6.61 Å². The van der Waals surface area contributed by atoms with Crippen molar-refractivity contribution in [3.8, 4) is 5.75 Å². The molecule has 1 aliphatic rings. The van der Waals surface area contributed by atoms with Gasteiger partial charge in [-0.1, -0.05) is 41.8 Å². The van der Waals surface area contributed by atoms with Crippen LogP contribution < -0.4 is 4.74 Å². The molecule has 1 nitrogen and oxygen atoms in total. The van der Waals surface area contributed by atoms with Crippen LogP contribution in [0.2, 0.25) is 0 Å². The first-order valence-electron chi connectivity index (χ1n) is 7.71. The van der Waals surface area contributed by atoms with Crippen LogP contribution in [0.5, 0.6) is 5.75 Å². The highest BCUT2D eigenvalue weighted by Gasteiger charge is 2.28. The molecule has 0 spiro atoms. The van der Waals surface area contributed by atoms with Crippen molar-refractivity contribution >= 4 is 27.5 Å². The number of hydrogen-bond acceptors (Lipinski definition) is 1. The lowest BCUT2D eigenvalue weighted by atomic mass is 9.78. The molecular weight excluding hydrogens is 336 g/mol. The van der Waals surface area contributed by atoms with Crippen LogP contribution in [0.3, 0.4) is 0 Å². The van der Waals surface area contributed by atoms with Gasteiger partial charge in [0.15, 0.2) is 0 Å². The van der Waals surface area contributed by atoms with E-state index in [4.69, 9.17) is 16.3 Å². The SMILES string of the molecule is CCCC1CCC(Cl)C(CCOc2cccc(Br)c2)C1. The molecule has 0 bridgehead atoms. The van der Waals surface area contributed by atoms with Gasteiger partial charge < -0.3 is 4.74 Å². The van der Waals surface area contributed by atoms with E-state index < -0.39 is 0 Å². The van der Waals surface area contributed by atoms with E-state index in [2.05, 4.69) is 22.9 Å². The van der Waals surface area contributed by atoms with Gasteiger partial charge in [-0.15, -0.1) is 11.6 Å². The second-order valence-electron chi connectivity index (χ2n) is 5.84. The molecule has 1 saturated carbocycles. The highest BCUT2D eigenvalue weighted by atomic mass is 79.9. The minimum atomic E-state index is 0.342. The van der Waals surface area contributed by atoms with E-state index in [0.717, 1.165) is 29.2 Å². The third-order valence-electron chi connectivity index (χ3n) is 4.25. The topological polar surface area (TPSA) is 9.23 Å². The summed E-state index contributed by atoms with van der Waals surface area (Å²) in [5.74, 6) is 2.44. The third-order valence-corrected chi connectivity index (χ3v) is 5.32. The summed E-state index contributed by atoms with van der Waals surface area (Å²) in [7, 11) is 0. The molecule has 20 heavy (non-hydrogen) atoms. The fraction of sp³-hybridized carbons (Fsp3) is 0.647. The Balaban J connectivity index is 1.77. The zero-order valence-electron chi connectivity index (χ0n) is 12.2. The van der Waals surface area contributed by atoms with Crippen molar-refractivity contribution in [1.82, 2.24) is 0 Å². The van der Waals surface area contributed by atoms with Gasteiger partial charge in [0.25, 0.3) is 0 Å². The van der Waals surface area contributed by atoms with Crippen LogP contribution in [-0.2, 0) is 0 Å². The Labute approximate surface area is 136 Å². The van der Waals surface area contributed by atoms with E-state index in [0.29, 0.717) is 11.3 Å². The molecule has 3 unspecified atom stereocenters. The van der Waals surface area contributed by atoms with Crippen molar-refractivity contribution in [3.05, 3.63) is 28.7 Å². The summed E-state index contributed by atoms with van der Waals surface area (Å²) in [6.45, 7) is 3.04. The van der Waals surface area contributed by atoms with Gasteiger partial charge in [0.05, 0.1) is 6.61 Å². The van der Waals surface area contributed by atoms with Crippen LogP contribution in [0, 0.1) is 11.8 Å². The third kappa shape index (κ3) is 4.96. The van der Waals surface area contributed by atoms with Crippen molar-refractivity contribution in [3.63, 3.8) is 0 Å². The van der Waals surface area contributed by atoms with E-state index in [1.807, 2.05) is 24.3 Å². The molecule has 112 valence electrons. The van der Waals surface area contributed by atoms with E-state index in [1.54, 1.807) is 0 Å². The minimum absolute atomic E-state index is 0.342. The molecule has 3 atom stereocenters. The standard InChI is InChI=1S/C17H24BrClO/c1-2-4-13-7-8-17(19)14(11-13)9-10-20-16-6-3-5-15(18)12-16/h3,5-6,12-14,17H,2,4,7-11H2,1H3. The average molecular weight is 360 g/mol. The minimum Gasteiger partial charge on any atom is -0.494 e. The lowest BCUT2D eigenvalue weighted by Gasteiger charge is -2.33. The maximum Gasteiger partial charge on any atom is 0.120 e. The van der Waals surface area contributed by atoms with Crippen LogP contribution in [0.1, 0.15) is 45.4 Å². The highest BCUT2D eigenvalue weighted by molar-refractivity contribution is 9.10. The molecule has 1 aromatic rings. The molecular formula is C17H24BrClO. The van der Waals surface area contributed by atoms with Crippen LogP contribution in [0.25, 0.3) is 0 Å². The molecule has 1 aromatic carbocycles. The summed E-state index contributed by atoms with van der Waals surface area (Å²) in [5, 5.41) is 0.342. The van der Waals surface area contributed by atoms with Crippen molar-refractivity contribution in [1.29, 1.82) is 0 Å². The second kappa shape index (κ2) is 8.29. The van der Waals surface area contributed by atoms with E-state index in [-0.39, 0.29) is 0 Å². The molecule has 0 aliphatic heterocycles. The number of benzene rings is 1. The Hall–Kier alpha value is -0.210. The Morgan fingerprint density at radius 2 is 2.15 bits per heavy atom. The lowest BCUT2D eigenvalue weighted by Crippen LogP contribution is -2.27. The Kier molecular flexibility index (Phi) is 6.70. The molecule has 1 aliphatic carbocycles. The maximum atomic E-state index is 6.49. The van der Waals surface area contributed by atoms with Gasteiger partial charge >= 0.3 is 0 Å². The number of alkyl halides is 1. The van der Waals surface area contributed by atoms with Crippen LogP contribution in [0.4, 0.5) is 0 Å². The smallest absolute Gasteiger partial charge is 0.120 e. The molecule has 1 fully saturated rings. The van der Waals surface area contributed by atoms with Crippen molar-refractivity contribution in [2.45, 2.75) is 50.8 Å². The van der Waals surface area contributed by atoms with Crippen LogP contribution in [0.15, 0.2) is 28.7 Å². The van der Waals surface area contributed by atoms with E-state index in [9.17, 15) is 0 Å². The molecule has 0 N–H and O–H groups in total. The largest absolute Gasteiger partial charge is 0.494 e. The lowest BCUT2D eigenvalue weighted by molar-refractivity contribution is 0.208. The number of halogens is 2. The zero-order valence-corrected chi connectivity index (χ0v) is 14.5. The summed E-state index contributed by atoms with van der Waals surface area (Å²) in [6.07, 6.45) is 7.48. The molecule has 0 amide bonds. The number of ether oxygens (including phenoxy) is 1. The quantitative estimate of drug-likeness (QED) is 0.562. The van der Waals surface area contributed by atoms with Gasteiger partial charge in [-0.25, -0.2) is 0 Å². The normalized spacial score (nSPS) is 26.4. The van der Waals surface area contributed by atoms with Gasteiger partial charge in [-0.2, -0.15) is 0 Å². The number of rotatable bonds is 6. The Morgan fingerprint density at radius 3 is 2.90 bits per heavy atom. The fourth-order valence-corrected chi connectivity index (χ4v) is 3.91. The summed E-state index contributed by atoms with van der Waals surface area (Å²) < 4.78 is 6.91. The van der Waals surface area contributed by atoms with Crippen LogP contribution >= 0.6 is 27.5 Å². The predicted molar refractivity (Wildman–Crippen MR) is 89.6 cm³/mol. The first kappa shape index (κ1) is 16.2. The second-order valence-corrected chi connectivity index (χ2v) is 7.31. The summed E-state index contributed by atoms with van der Waals surface area (Å²) in [5.41, 5.74) is 0. The molecule has 0 radical (unpaired) electrons. The monoisotopic (exact) mass is 358 g/mol. The van der Waals surface area contributed by atoms with Gasteiger partial charge in [-0.3, -0.25) is 0 Å². The molecule has 0 saturated heterocycles.